The molecule has 0 bridgehead atoms. The molecule has 40 heavy (non-hydrogen) atoms. The zero-order valence-electron chi connectivity index (χ0n) is 21.0. The van der Waals surface area contributed by atoms with Crippen molar-refractivity contribution >= 4 is 35.1 Å². The first kappa shape index (κ1) is 31.3. The molecule has 0 aromatic heterocycles. The number of hydrogen-bond donors (Lipinski definition) is 5. The van der Waals surface area contributed by atoms with Crippen LogP contribution >= 0.6 is 0 Å². The Bertz CT molecular complexity index is 1310. The number of para-hydroxylation sites is 2. The molecule has 2 amide bonds. The molecular formula is C27H27F3N4O6. The van der Waals surface area contributed by atoms with Crippen LogP contribution in [0, 0.1) is 0 Å². The summed E-state index contributed by atoms with van der Waals surface area (Å²) in [5, 5.41) is 19.2. The Morgan fingerprint density at radius 2 is 1.52 bits per heavy atom. The van der Waals surface area contributed by atoms with Gasteiger partial charge in [0.2, 0.25) is 5.91 Å². The number of fused-ring (bicyclic) bond motifs is 1. The molecule has 1 aliphatic rings. The summed E-state index contributed by atoms with van der Waals surface area (Å²) in [6.45, 7) is -0.0684. The molecule has 1 atom stereocenters. The number of primary amides is 1. The number of rotatable bonds is 6. The summed E-state index contributed by atoms with van der Waals surface area (Å²) in [4.78, 5) is 44.6. The highest BCUT2D eigenvalue weighted by molar-refractivity contribution is 6.08. The lowest BCUT2D eigenvalue weighted by atomic mass is 10.1. The summed E-state index contributed by atoms with van der Waals surface area (Å²) >= 11 is 0. The fourth-order valence-electron chi connectivity index (χ4n) is 3.48. The third-order valence-electron chi connectivity index (χ3n) is 5.37. The summed E-state index contributed by atoms with van der Waals surface area (Å²) in [6, 6.07) is 23.3. The fraction of sp³-hybridized carbons (Fsp3) is 0.185. The molecule has 0 saturated carbocycles. The van der Waals surface area contributed by atoms with Gasteiger partial charge in [0.05, 0.1) is 0 Å². The van der Waals surface area contributed by atoms with Gasteiger partial charge in [-0.05, 0) is 41.5 Å². The second-order valence-corrected chi connectivity index (χ2v) is 8.29. The molecule has 0 saturated heterocycles. The van der Waals surface area contributed by atoms with E-state index in [0.29, 0.717) is 24.2 Å². The number of benzene rings is 3. The zero-order chi connectivity index (χ0) is 29.9. The number of nitrogens with one attached hydrogen (secondary N) is 1. The predicted molar refractivity (Wildman–Crippen MR) is 141 cm³/mol. The van der Waals surface area contributed by atoms with Gasteiger partial charge in [0.25, 0.3) is 5.91 Å². The lowest BCUT2D eigenvalue weighted by Crippen LogP contribution is -2.35. The highest BCUT2D eigenvalue weighted by atomic mass is 19.4. The topological polar surface area (TPSA) is 176 Å². The van der Waals surface area contributed by atoms with Crippen LogP contribution in [0.5, 0.6) is 0 Å². The molecule has 0 aliphatic carbocycles. The second-order valence-electron chi connectivity index (χ2n) is 8.29. The number of nitrogens with two attached hydrogens (primary N) is 2. The lowest BCUT2D eigenvalue weighted by Gasteiger charge is -2.21. The molecule has 13 heteroatoms. The van der Waals surface area contributed by atoms with Crippen molar-refractivity contribution in [3.63, 3.8) is 0 Å². The number of halogens is 3. The number of carbonyl (C=O) groups is 4. The monoisotopic (exact) mass is 560 g/mol. The van der Waals surface area contributed by atoms with E-state index in [1.165, 1.54) is 10.5 Å². The van der Waals surface area contributed by atoms with Gasteiger partial charge in [-0.2, -0.15) is 13.2 Å². The molecule has 3 aromatic rings. The number of nitrogens with zero attached hydrogens (tertiary/aromatic N) is 1. The van der Waals surface area contributed by atoms with E-state index in [-0.39, 0.29) is 17.9 Å². The number of carboxylic acid groups (broad SMARTS) is 2. The summed E-state index contributed by atoms with van der Waals surface area (Å²) in [6.07, 6.45) is -4.37. The van der Waals surface area contributed by atoms with Crippen molar-refractivity contribution in [3.8, 4) is 0 Å². The predicted octanol–water partition coefficient (Wildman–Crippen LogP) is 3.02. The number of amides is 2. The Kier molecular flexibility index (Phi) is 11.2. The molecule has 7 N–H and O–H groups in total. The van der Waals surface area contributed by atoms with Crippen LogP contribution in [0.4, 0.5) is 24.5 Å². The van der Waals surface area contributed by atoms with E-state index < -0.39 is 24.7 Å². The zero-order valence-corrected chi connectivity index (χ0v) is 21.0. The minimum Gasteiger partial charge on any atom is -0.480 e. The minimum absolute atomic E-state index is 0.220. The first-order valence-corrected chi connectivity index (χ1v) is 11.6. The van der Waals surface area contributed by atoms with E-state index in [0.717, 1.165) is 11.3 Å². The van der Waals surface area contributed by atoms with Crippen molar-refractivity contribution in [2.75, 3.05) is 16.8 Å². The van der Waals surface area contributed by atoms with Crippen molar-refractivity contribution in [2.45, 2.75) is 25.2 Å². The number of anilines is 2. The van der Waals surface area contributed by atoms with Crippen LogP contribution in [0.2, 0.25) is 0 Å². The maximum atomic E-state index is 12.6. The van der Waals surface area contributed by atoms with Crippen molar-refractivity contribution < 1.29 is 42.6 Å². The molecule has 4 rings (SSSR count). The molecule has 212 valence electrons. The van der Waals surface area contributed by atoms with Crippen LogP contribution < -0.4 is 21.7 Å². The number of carboxylic acids is 2. The fourth-order valence-corrected chi connectivity index (χ4v) is 3.48. The van der Waals surface area contributed by atoms with Gasteiger partial charge in [-0.1, -0.05) is 48.5 Å². The summed E-state index contributed by atoms with van der Waals surface area (Å²) in [5.41, 5.74) is 14.7. The molecule has 1 heterocycles. The van der Waals surface area contributed by atoms with E-state index in [1.807, 2.05) is 36.4 Å². The molecule has 3 aromatic carbocycles. The van der Waals surface area contributed by atoms with E-state index in [2.05, 4.69) is 5.32 Å². The van der Waals surface area contributed by atoms with Gasteiger partial charge in [0, 0.05) is 29.9 Å². The maximum Gasteiger partial charge on any atom is 0.490 e. The smallest absolute Gasteiger partial charge is 0.480 e. The number of alkyl halides is 3. The largest absolute Gasteiger partial charge is 0.490 e. The van der Waals surface area contributed by atoms with E-state index in [1.54, 1.807) is 42.5 Å². The molecule has 1 aliphatic heterocycles. The first-order valence-electron chi connectivity index (χ1n) is 11.6. The minimum atomic E-state index is -5.08. The Hall–Kier alpha value is -4.91. The lowest BCUT2D eigenvalue weighted by molar-refractivity contribution is -0.192. The van der Waals surface area contributed by atoms with Crippen LogP contribution in [0.1, 0.15) is 21.5 Å². The van der Waals surface area contributed by atoms with Gasteiger partial charge >= 0.3 is 18.1 Å². The van der Waals surface area contributed by atoms with Gasteiger partial charge in [-0.3, -0.25) is 19.3 Å². The summed E-state index contributed by atoms with van der Waals surface area (Å²) in [5.74, 6) is -4.47. The summed E-state index contributed by atoms with van der Waals surface area (Å²) < 4.78 is 31.7. The van der Waals surface area contributed by atoms with Crippen LogP contribution in [0.15, 0.2) is 78.9 Å². The molecule has 0 radical (unpaired) electrons. The normalized spacial score (nSPS) is 13.2. The number of hydrogen-bond acceptors (Lipinski definition) is 6. The van der Waals surface area contributed by atoms with Crippen molar-refractivity contribution in [2.24, 2.45) is 11.5 Å². The van der Waals surface area contributed by atoms with Crippen molar-refractivity contribution in [1.29, 1.82) is 0 Å². The van der Waals surface area contributed by atoms with E-state index >= 15 is 0 Å². The van der Waals surface area contributed by atoms with Gasteiger partial charge in [-0.15, -0.1) is 0 Å². The quantitative estimate of drug-likeness (QED) is 0.306. The van der Waals surface area contributed by atoms with Gasteiger partial charge in [0.15, 0.2) is 0 Å². The molecule has 10 nitrogen and oxygen atoms in total. The number of carbonyl (C=O) groups excluding carboxylic acids is 2. The van der Waals surface area contributed by atoms with Gasteiger partial charge in [-0.25, -0.2) is 4.79 Å². The molecule has 0 spiro atoms. The second kappa shape index (κ2) is 14.3. The number of aliphatic carboxylic acids is 2. The van der Waals surface area contributed by atoms with Gasteiger partial charge < -0.3 is 27.0 Å². The Morgan fingerprint density at radius 1 is 0.925 bits per heavy atom. The van der Waals surface area contributed by atoms with Crippen LogP contribution in [0.3, 0.4) is 0 Å². The van der Waals surface area contributed by atoms with Crippen LogP contribution in [0.25, 0.3) is 0 Å². The highest BCUT2D eigenvalue weighted by Gasteiger charge is 2.38. The standard InChI is InChI=1S/C16H16N2O3.C9H10N2O.C2HF3O2/c17-10-12-5-4-6-13(9-12)16(21)18(11-15(19)20)14-7-2-1-3-8-14;10-9(12)8-5-6-3-1-2-4-7(6)11-8;3-2(4,5)1(6)7/h1-9H,10-11,17H2,(H,19,20);1-4,8,11H,5H2,(H2,10,12);(H,6,7). The first-order chi connectivity index (χ1) is 18.8. The average molecular weight is 561 g/mol. The molecule has 0 fully saturated rings. The van der Waals surface area contributed by atoms with Crippen molar-refractivity contribution in [3.05, 3.63) is 95.6 Å². The SMILES string of the molecule is NC(=O)C1Cc2ccccc2N1.NCc1cccc(C(=O)N(CC(=O)O)c2ccccc2)c1.O=C(O)C(F)(F)F. The third kappa shape index (κ3) is 9.44. The Labute approximate surface area is 227 Å². The highest BCUT2D eigenvalue weighted by Crippen LogP contribution is 2.24. The Balaban J connectivity index is 0.000000247. The summed E-state index contributed by atoms with van der Waals surface area (Å²) in [7, 11) is 0. The van der Waals surface area contributed by atoms with Crippen LogP contribution in [-0.2, 0) is 27.3 Å². The van der Waals surface area contributed by atoms with Crippen LogP contribution in [-0.4, -0.2) is 52.7 Å². The van der Waals surface area contributed by atoms with E-state index in [4.69, 9.17) is 26.5 Å². The van der Waals surface area contributed by atoms with E-state index in [9.17, 15) is 27.6 Å². The maximum absolute atomic E-state index is 12.6. The Morgan fingerprint density at radius 3 is 2.05 bits per heavy atom. The average Bonchev–Trinajstić information content (AvgIpc) is 3.37. The third-order valence-corrected chi connectivity index (χ3v) is 5.37. The molecular weight excluding hydrogens is 533 g/mol. The van der Waals surface area contributed by atoms with Gasteiger partial charge in [0.1, 0.15) is 12.6 Å². The molecule has 1 unspecified atom stereocenters. The van der Waals surface area contributed by atoms with Crippen molar-refractivity contribution in [1.82, 2.24) is 0 Å².